The van der Waals surface area contributed by atoms with E-state index in [9.17, 15) is 18.0 Å². The minimum Gasteiger partial charge on any atom is -0.294 e. The zero-order valence-electron chi connectivity index (χ0n) is 9.50. The molecule has 0 amide bonds. The molecule has 0 saturated carbocycles. The van der Waals surface area contributed by atoms with Gasteiger partial charge in [-0.3, -0.25) is 4.79 Å². The van der Waals surface area contributed by atoms with Crippen LogP contribution in [0, 0.1) is 0 Å². The van der Waals surface area contributed by atoms with E-state index in [1.54, 1.807) is 24.3 Å². The second kappa shape index (κ2) is 4.80. The lowest BCUT2D eigenvalue weighted by molar-refractivity contribution is -0.133. The first kappa shape index (κ1) is 12.6. The Kier molecular flexibility index (Phi) is 3.36. The summed E-state index contributed by atoms with van der Waals surface area (Å²) in [6, 6.07) is 12.3. The minimum atomic E-state index is -4.29. The summed E-state index contributed by atoms with van der Waals surface area (Å²) in [4.78, 5) is 11.8. The van der Waals surface area contributed by atoms with E-state index in [1.165, 1.54) is 0 Å². The van der Waals surface area contributed by atoms with Crippen molar-refractivity contribution in [1.82, 2.24) is 0 Å². The number of carbonyl (C=O) groups excluding carboxylic acids is 1. The highest BCUT2D eigenvalue weighted by molar-refractivity contribution is 6.08. The van der Waals surface area contributed by atoms with Crippen LogP contribution in [0.4, 0.5) is 13.2 Å². The number of hydrogen-bond donors (Lipinski definition) is 0. The Bertz CT molecular complexity index is 567. The van der Waals surface area contributed by atoms with Gasteiger partial charge in [0.2, 0.25) is 0 Å². The zero-order valence-corrected chi connectivity index (χ0v) is 9.50. The van der Waals surface area contributed by atoms with Gasteiger partial charge in [-0.25, -0.2) is 0 Å². The van der Waals surface area contributed by atoms with Gasteiger partial charge < -0.3 is 0 Å². The fourth-order valence-electron chi connectivity index (χ4n) is 1.86. The minimum absolute atomic E-state index is 0.359. The molecule has 94 valence electrons. The van der Waals surface area contributed by atoms with E-state index in [-0.39, 0.29) is 0 Å². The number of ketones is 1. The Morgan fingerprint density at radius 2 is 1.67 bits per heavy atom. The smallest absolute Gasteiger partial charge is 0.294 e. The van der Waals surface area contributed by atoms with Crippen LogP contribution >= 0.6 is 0 Å². The summed E-state index contributed by atoms with van der Waals surface area (Å²) in [5.41, 5.74) is 0.359. The van der Waals surface area contributed by atoms with E-state index in [4.69, 9.17) is 0 Å². The summed E-state index contributed by atoms with van der Waals surface area (Å²) in [6.45, 7) is 0. The average Bonchev–Trinajstić information content (AvgIpc) is 2.34. The van der Waals surface area contributed by atoms with E-state index < -0.39 is 24.8 Å². The van der Waals surface area contributed by atoms with E-state index in [0.717, 1.165) is 5.39 Å². The lowest BCUT2D eigenvalue weighted by atomic mass is 9.99. The molecule has 0 heterocycles. The van der Waals surface area contributed by atoms with Crippen molar-refractivity contribution in [1.29, 1.82) is 0 Å². The quantitative estimate of drug-likeness (QED) is 0.741. The largest absolute Gasteiger partial charge is 0.389 e. The van der Waals surface area contributed by atoms with Gasteiger partial charge in [-0.05, 0) is 10.8 Å². The third-order valence-corrected chi connectivity index (χ3v) is 2.73. The molecule has 2 aromatic rings. The third kappa shape index (κ3) is 2.88. The molecule has 0 aromatic heterocycles. The van der Waals surface area contributed by atoms with Crippen molar-refractivity contribution in [3.8, 4) is 0 Å². The maximum absolute atomic E-state index is 12.1. The second-order valence-corrected chi connectivity index (χ2v) is 4.07. The van der Waals surface area contributed by atoms with Crippen LogP contribution < -0.4 is 0 Å². The molecule has 0 aliphatic carbocycles. The monoisotopic (exact) mass is 252 g/mol. The number of benzene rings is 2. The number of alkyl halides is 3. The van der Waals surface area contributed by atoms with Gasteiger partial charge >= 0.3 is 6.18 Å². The number of rotatable bonds is 3. The van der Waals surface area contributed by atoms with Gasteiger partial charge in [-0.15, -0.1) is 0 Å². The van der Waals surface area contributed by atoms with Crippen molar-refractivity contribution in [2.45, 2.75) is 19.0 Å². The molecule has 0 unspecified atom stereocenters. The maximum Gasteiger partial charge on any atom is 0.389 e. The Morgan fingerprint density at radius 1 is 1.00 bits per heavy atom. The molecule has 0 aliphatic rings. The fourth-order valence-corrected chi connectivity index (χ4v) is 1.86. The lowest BCUT2D eigenvalue weighted by Gasteiger charge is -2.07. The molecule has 0 N–H and O–H groups in total. The van der Waals surface area contributed by atoms with Gasteiger partial charge in [0.15, 0.2) is 5.78 Å². The van der Waals surface area contributed by atoms with Crippen LogP contribution in [0.3, 0.4) is 0 Å². The fraction of sp³-hybridized carbons (Fsp3) is 0.214. The van der Waals surface area contributed by atoms with Crippen LogP contribution in [0.2, 0.25) is 0 Å². The van der Waals surface area contributed by atoms with Crippen molar-refractivity contribution < 1.29 is 18.0 Å². The van der Waals surface area contributed by atoms with Crippen LogP contribution in [-0.2, 0) is 0 Å². The van der Waals surface area contributed by atoms with Crippen molar-refractivity contribution >= 4 is 16.6 Å². The van der Waals surface area contributed by atoms with Crippen molar-refractivity contribution in [2.24, 2.45) is 0 Å². The number of halogens is 3. The number of hydrogen-bond acceptors (Lipinski definition) is 1. The van der Waals surface area contributed by atoms with Gasteiger partial charge in [0.25, 0.3) is 0 Å². The molecule has 1 nitrogen and oxygen atoms in total. The van der Waals surface area contributed by atoms with Crippen molar-refractivity contribution in [2.75, 3.05) is 0 Å². The molecule has 0 aliphatic heterocycles. The molecule has 0 spiro atoms. The average molecular weight is 252 g/mol. The first-order valence-electron chi connectivity index (χ1n) is 5.55. The standard InChI is InChI=1S/C14H11F3O/c15-14(16,17)9-8-13(18)12-7-3-5-10-4-1-2-6-11(10)12/h1-7H,8-9H2. The summed E-state index contributed by atoms with van der Waals surface area (Å²) < 4.78 is 36.3. The number of Topliss-reactive ketones (excluding diaryl/α,β-unsaturated/α-hetero) is 1. The summed E-state index contributed by atoms with van der Waals surface area (Å²) >= 11 is 0. The molecule has 0 atom stereocenters. The molecule has 0 bridgehead atoms. The summed E-state index contributed by atoms with van der Waals surface area (Å²) in [6.07, 6.45) is -5.87. The topological polar surface area (TPSA) is 17.1 Å². The maximum atomic E-state index is 12.1. The van der Waals surface area contributed by atoms with Crippen LogP contribution in [0.5, 0.6) is 0 Å². The van der Waals surface area contributed by atoms with E-state index in [1.807, 2.05) is 18.2 Å². The van der Waals surface area contributed by atoms with Crippen LogP contribution in [-0.4, -0.2) is 12.0 Å². The predicted octanol–water partition coefficient (Wildman–Crippen LogP) is 4.37. The van der Waals surface area contributed by atoms with Crippen LogP contribution in [0.1, 0.15) is 23.2 Å². The van der Waals surface area contributed by atoms with Gasteiger partial charge in [0.1, 0.15) is 0 Å². The third-order valence-electron chi connectivity index (χ3n) is 2.73. The molecule has 2 rings (SSSR count). The highest BCUT2D eigenvalue weighted by Crippen LogP contribution is 2.25. The molecule has 2 aromatic carbocycles. The van der Waals surface area contributed by atoms with Crippen molar-refractivity contribution in [3.05, 3.63) is 48.0 Å². The Morgan fingerprint density at radius 3 is 2.39 bits per heavy atom. The van der Waals surface area contributed by atoms with Crippen LogP contribution in [0.25, 0.3) is 10.8 Å². The van der Waals surface area contributed by atoms with Gasteiger partial charge in [0.05, 0.1) is 6.42 Å². The van der Waals surface area contributed by atoms with Gasteiger partial charge in [-0.2, -0.15) is 13.2 Å². The molecular formula is C14H11F3O. The molecule has 0 saturated heterocycles. The van der Waals surface area contributed by atoms with Gasteiger partial charge in [-0.1, -0.05) is 42.5 Å². The SMILES string of the molecule is O=C(CCC(F)(F)F)c1cccc2ccccc12. The first-order valence-corrected chi connectivity index (χ1v) is 5.55. The highest BCUT2D eigenvalue weighted by atomic mass is 19.4. The van der Waals surface area contributed by atoms with Gasteiger partial charge in [0, 0.05) is 12.0 Å². The summed E-state index contributed by atoms with van der Waals surface area (Å²) in [5, 5.41) is 1.56. The summed E-state index contributed by atoms with van der Waals surface area (Å²) in [7, 11) is 0. The molecule has 0 radical (unpaired) electrons. The lowest BCUT2D eigenvalue weighted by Crippen LogP contribution is -2.11. The first-order chi connectivity index (χ1) is 8.47. The van der Waals surface area contributed by atoms with E-state index in [2.05, 4.69) is 0 Å². The molecule has 4 heteroatoms. The predicted molar refractivity (Wildman–Crippen MR) is 63.6 cm³/mol. The highest BCUT2D eigenvalue weighted by Gasteiger charge is 2.28. The van der Waals surface area contributed by atoms with Crippen LogP contribution in [0.15, 0.2) is 42.5 Å². The van der Waals surface area contributed by atoms with Crippen molar-refractivity contribution in [3.63, 3.8) is 0 Å². The number of fused-ring (bicyclic) bond motifs is 1. The van der Waals surface area contributed by atoms with E-state index in [0.29, 0.717) is 10.9 Å². The normalized spacial score (nSPS) is 11.7. The molecular weight excluding hydrogens is 241 g/mol. The Hall–Kier alpha value is -1.84. The summed E-state index contributed by atoms with van der Waals surface area (Å²) in [5.74, 6) is -0.468. The number of carbonyl (C=O) groups is 1. The zero-order chi connectivity index (χ0) is 13.2. The molecule has 18 heavy (non-hydrogen) atoms. The second-order valence-electron chi connectivity index (χ2n) is 4.07. The Balaban J connectivity index is 2.28. The molecule has 0 fully saturated rings. The van der Waals surface area contributed by atoms with E-state index >= 15 is 0 Å². The Labute approximate surface area is 102 Å².